The zero-order chi connectivity index (χ0) is 11.8. The van der Waals surface area contributed by atoms with Gasteiger partial charge in [-0.3, -0.25) is 0 Å². The highest BCUT2D eigenvalue weighted by Gasteiger charge is 2.18. The van der Waals surface area contributed by atoms with Gasteiger partial charge in [0, 0.05) is 16.0 Å². The average Bonchev–Trinajstić information content (AvgIpc) is 2.96. The first-order valence-corrected chi connectivity index (χ1v) is 6.33. The van der Waals surface area contributed by atoms with Gasteiger partial charge in [0.1, 0.15) is 11.6 Å². The van der Waals surface area contributed by atoms with Gasteiger partial charge in [0.15, 0.2) is 0 Å². The Kier molecular flexibility index (Phi) is 2.61. The molecule has 0 saturated carbocycles. The topological polar surface area (TPSA) is 35.2 Å². The van der Waals surface area contributed by atoms with Crippen LogP contribution in [0.5, 0.6) is 0 Å². The van der Waals surface area contributed by atoms with Crippen LogP contribution in [0.25, 0.3) is 10.1 Å². The van der Waals surface area contributed by atoms with Gasteiger partial charge in [0.2, 0.25) is 0 Å². The van der Waals surface area contributed by atoms with E-state index in [1.54, 1.807) is 12.1 Å². The van der Waals surface area contributed by atoms with Crippen molar-refractivity contribution in [2.45, 2.75) is 12.5 Å². The van der Waals surface area contributed by atoms with Crippen molar-refractivity contribution >= 4 is 21.4 Å². The molecule has 2 heterocycles. The molecule has 0 aliphatic carbocycles. The van der Waals surface area contributed by atoms with E-state index in [9.17, 15) is 4.39 Å². The summed E-state index contributed by atoms with van der Waals surface area (Å²) in [7, 11) is 0. The van der Waals surface area contributed by atoms with Crippen LogP contribution in [0.4, 0.5) is 4.39 Å². The molecule has 1 atom stereocenters. The number of ether oxygens (including phenoxy) is 1. The van der Waals surface area contributed by atoms with E-state index < -0.39 is 0 Å². The molecule has 0 fully saturated rings. The maximum absolute atomic E-state index is 13.1. The van der Waals surface area contributed by atoms with Crippen LogP contribution < -0.4 is 5.73 Å². The largest absolute Gasteiger partial charge is 0.496 e. The Labute approximate surface area is 103 Å². The Morgan fingerprint density at radius 1 is 1.35 bits per heavy atom. The summed E-state index contributed by atoms with van der Waals surface area (Å²) >= 11 is 1.52. The summed E-state index contributed by atoms with van der Waals surface area (Å²) in [6, 6.07) is 6.57. The molecule has 88 valence electrons. The number of hydrogen-bond donors (Lipinski definition) is 1. The first kappa shape index (κ1) is 10.7. The lowest BCUT2D eigenvalue weighted by molar-refractivity contribution is 0.226. The van der Waals surface area contributed by atoms with E-state index in [2.05, 4.69) is 0 Å². The molecule has 2 nitrogen and oxygen atoms in total. The van der Waals surface area contributed by atoms with Crippen LogP contribution in [0, 0.1) is 5.82 Å². The zero-order valence-electron chi connectivity index (χ0n) is 9.15. The molecular weight excluding hydrogens is 237 g/mol. The van der Waals surface area contributed by atoms with Gasteiger partial charge in [0.05, 0.1) is 12.6 Å². The first-order valence-electron chi connectivity index (χ1n) is 5.51. The van der Waals surface area contributed by atoms with Gasteiger partial charge in [-0.15, -0.1) is 11.3 Å². The van der Waals surface area contributed by atoms with Gasteiger partial charge in [-0.2, -0.15) is 0 Å². The fourth-order valence-corrected chi connectivity index (χ4v) is 3.07. The molecular formula is C13H12FNOS. The Balaban J connectivity index is 2.00. The van der Waals surface area contributed by atoms with Gasteiger partial charge in [-0.1, -0.05) is 6.07 Å². The van der Waals surface area contributed by atoms with E-state index >= 15 is 0 Å². The molecule has 3 rings (SSSR count). The van der Waals surface area contributed by atoms with E-state index in [0.717, 1.165) is 27.1 Å². The number of rotatable bonds is 2. The molecule has 1 aromatic carbocycles. The van der Waals surface area contributed by atoms with Gasteiger partial charge in [-0.05, 0) is 29.7 Å². The summed E-state index contributed by atoms with van der Waals surface area (Å²) in [4.78, 5) is 1.01. The van der Waals surface area contributed by atoms with Crippen molar-refractivity contribution in [3.63, 3.8) is 0 Å². The fourth-order valence-electron chi connectivity index (χ4n) is 1.97. The van der Waals surface area contributed by atoms with E-state index in [0.29, 0.717) is 6.61 Å². The highest BCUT2D eigenvalue weighted by atomic mass is 32.1. The lowest BCUT2D eigenvalue weighted by Crippen LogP contribution is -2.11. The van der Waals surface area contributed by atoms with Crippen molar-refractivity contribution in [1.29, 1.82) is 0 Å². The van der Waals surface area contributed by atoms with E-state index in [-0.39, 0.29) is 11.9 Å². The van der Waals surface area contributed by atoms with Gasteiger partial charge in [0.25, 0.3) is 0 Å². The quantitative estimate of drug-likeness (QED) is 0.886. The molecule has 1 aromatic heterocycles. The second-order valence-electron chi connectivity index (χ2n) is 4.05. The number of hydrogen-bond acceptors (Lipinski definition) is 3. The molecule has 1 aliphatic heterocycles. The average molecular weight is 249 g/mol. The maximum Gasteiger partial charge on any atom is 0.124 e. The predicted octanol–water partition coefficient (Wildman–Crippen LogP) is 3.34. The summed E-state index contributed by atoms with van der Waals surface area (Å²) < 4.78 is 19.5. The van der Waals surface area contributed by atoms with Crippen LogP contribution in [0.3, 0.4) is 0 Å². The summed E-state index contributed by atoms with van der Waals surface area (Å²) in [5, 5.41) is 1.03. The van der Waals surface area contributed by atoms with Gasteiger partial charge in [-0.25, -0.2) is 4.39 Å². The molecule has 2 N–H and O–H groups in total. The normalized spacial score (nSPS) is 16.9. The lowest BCUT2D eigenvalue weighted by Gasteiger charge is -2.10. The molecule has 1 aliphatic rings. The molecule has 17 heavy (non-hydrogen) atoms. The van der Waals surface area contributed by atoms with Crippen molar-refractivity contribution in [1.82, 2.24) is 0 Å². The summed E-state index contributed by atoms with van der Waals surface area (Å²) in [6.07, 6.45) is 2.94. The number of fused-ring (bicyclic) bond motifs is 1. The smallest absolute Gasteiger partial charge is 0.124 e. The molecule has 0 bridgehead atoms. The molecule has 0 saturated heterocycles. The standard InChI is InChI=1S/C13H12FNOS/c14-9-4-3-8-6-12(17-11(8)7-9)13(15)10-2-1-5-16-10/h2-4,6-7,13H,1,5,15H2. The summed E-state index contributed by atoms with van der Waals surface area (Å²) in [6.45, 7) is 0.711. The molecule has 2 aromatic rings. The minimum Gasteiger partial charge on any atom is -0.496 e. The van der Waals surface area contributed by atoms with Crippen molar-refractivity contribution in [3.8, 4) is 0 Å². The van der Waals surface area contributed by atoms with Crippen LogP contribution >= 0.6 is 11.3 Å². The Hall–Kier alpha value is -1.39. The van der Waals surface area contributed by atoms with Crippen LogP contribution in [0.2, 0.25) is 0 Å². The predicted molar refractivity (Wildman–Crippen MR) is 67.4 cm³/mol. The molecule has 0 radical (unpaired) electrons. The van der Waals surface area contributed by atoms with Gasteiger partial charge < -0.3 is 10.5 Å². The summed E-state index contributed by atoms with van der Waals surface area (Å²) in [5.41, 5.74) is 6.13. The van der Waals surface area contributed by atoms with Crippen molar-refractivity contribution in [2.75, 3.05) is 6.61 Å². The van der Waals surface area contributed by atoms with E-state index in [1.165, 1.54) is 17.4 Å². The monoisotopic (exact) mass is 249 g/mol. The zero-order valence-corrected chi connectivity index (χ0v) is 9.97. The maximum atomic E-state index is 13.1. The second kappa shape index (κ2) is 4.13. The highest BCUT2D eigenvalue weighted by molar-refractivity contribution is 7.19. The Bertz CT molecular complexity index is 590. The lowest BCUT2D eigenvalue weighted by atomic mass is 10.2. The first-order chi connectivity index (χ1) is 8.24. The SMILES string of the molecule is NC(C1=CCCO1)c1cc2ccc(F)cc2s1. The Morgan fingerprint density at radius 3 is 3.00 bits per heavy atom. The van der Waals surface area contributed by atoms with Crippen LogP contribution in [0.15, 0.2) is 36.1 Å². The number of nitrogens with two attached hydrogens (primary N) is 1. The van der Waals surface area contributed by atoms with Crippen LogP contribution in [0.1, 0.15) is 17.3 Å². The Morgan fingerprint density at radius 2 is 2.24 bits per heavy atom. The molecule has 0 amide bonds. The van der Waals surface area contributed by atoms with E-state index in [1.807, 2.05) is 12.1 Å². The summed E-state index contributed by atoms with van der Waals surface area (Å²) in [5.74, 6) is 0.618. The van der Waals surface area contributed by atoms with E-state index in [4.69, 9.17) is 10.5 Å². The third kappa shape index (κ3) is 1.94. The molecule has 0 spiro atoms. The van der Waals surface area contributed by atoms with Crippen molar-refractivity contribution in [3.05, 3.63) is 46.8 Å². The van der Waals surface area contributed by atoms with Crippen LogP contribution in [-0.2, 0) is 4.74 Å². The third-order valence-electron chi connectivity index (χ3n) is 2.85. The fraction of sp³-hybridized carbons (Fsp3) is 0.231. The van der Waals surface area contributed by atoms with Crippen molar-refractivity contribution < 1.29 is 9.13 Å². The number of halogens is 1. The van der Waals surface area contributed by atoms with Crippen molar-refractivity contribution in [2.24, 2.45) is 5.73 Å². The van der Waals surface area contributed by atoms with Gasteiger partial charge >= 0.3 is 0 Å². The number of benzene rings is 1. The molecule has 4 heteroatoms. The minimum absolute atomic E-state index is 0.212. The minimum atomic E-state index is -0.224. The molecule has 1 unspecified atom stereocenters. The highest BCUT2D eigenvalue weighted by Crippen LogP contribution is 2.33. The van der Waals surface area contributed by atoms with Crippen LogP contribution in [-0.4, -0.2) is 6.61 Å². The third-order valence-corrected chi connectivity index (χ3v) is 4.03. The second-order valence-corrected chi connectivity index (χ2v) is 5.17. The number of thiophene rings is 1.